The molecule has 2 saturated heterocycles. The third-order valence-electron chi connectivity index (χ3n) is 9.96. The van der Waals surface area contributed by atoms with E-state index >= 15 is 0 Å². The van der Waals surface area contributed by atoms with Crippen molar-refractivity contribution in [3.63, 3.8) is 0 Å². The summed E-state index contributed by atoms with van der Waals surface area (Å²) in [5.74, 6) is -0.305. The number of aromatic nitrogens is 2. The van der Waals surface area contributed by atoms with Gasteiger partial charge < -0.3 is 10.0 Å². The molecule has 2 aromatic rings. The Kier molecular flexibility index (Phi) is 8.77. The maximum Gasteiger partial charge on any atom is 0.310 e. The van der Waals surface area contributed by atoms with Crippen molar-refractivity contribution in [2.75, 3.05) is 32.7 Å². The Hall–Kier alpha value is -2.25. The molecule has 0 radical (unpaired) electrons. The second kappa shape index (κ2) is 12.1. The summed E-state index contributed by atoms with van der Waals surface area (Å²) in [5.41, 5.74) is 4.34. The zero-order valence-electron chi connectivity index (χ0n) is 24.2. The van der Waals surface area contributed by atoms with Crippen molar-refractivity contribution < 1.29 is 14.3 Å². The molecule has 3 aliphatic rings. The molecule has 3 fully saturated rings. The number of aliphatic carboxylic acids is 1. The number of piperidine rings is 1. The second-order valence-corrected chi connectivity index (χ2v) is 12.4. The summed E-state index contributed by atoms with van der Waals surface area (Å²) >= 11 is 0. The molecule has 0 spiro atoms. The molecule has 1 unspecified atom stereocenters. The molecule has 0 bridgehead atoms. The SMILES string of the molecule is CCc1nn(CC)c(C)c1C1CCCCN1C[C@@H]1CN(CC2(C(=O)O)CCCCC2)C[C@@H]1c1cccc(F)c1. The Morgan fingerprint density at radius 1 is 1.13 bits per heavy atom. The van der Waals surface area contributed by atoms with Crippen LogP contribution < -0.4 is 0 Å². The Balaban J connectivity index is 1.42. The summed E-state index contributed by atoms with van der Waals surface area (Å²) in [6, 6.07) is 7.47. The highest BCUT2D eigenvalue weighted by Crippen LogP contribution is 2.43. The van der Waals surface area contributed by atoms with Crippen LogP contribution in [-0.2, 0) is 17.8 Å². The van der Waals surface area contributed by atoms with Crippen molar-refractivity contribution in [3.8, 4) is 0 Å². The third kappa shape index (κ3) is 5.81. The van der Waals surface area contributed by atoms with Gasteiger partial charge in [0.05, 0.1) is 11.1 Å². The van der Waals surface area contributed by atoms with Gasteiger partial charge in [-0.05, 0) is 76.1 Å². The monoisotopic (exact) mass is 538 g/mol. The van der Waals surface area contributed by atoms with Crippen LogP contribution in [0.5, 0.6) is 0 Å². The number of hydrogen-bond donors (Lipinski definition) is 1. The van der Waals surface area contributed by atoms with E-state index in [1.165, 1.54) is 35.9 Å². The van der Waals surface area contributed by atoms with E-state index in [4.69, 9.17) is 5.10 Å². The summed E-state index contributed by atoms with van der Waals surface area (Å²) in [4.78, 5) is 17.6. The number of carbonyl (C=O) groups is 1. The Labute approximate surface area is 233 Å². The predicted molar refractivity (Wildman–Crippen MR) is 152 cm³/mol. The van der Waals surface area contributed by atoms with E-state index in [2.05, 4.69) is 41.3 Å². The molecule has 1 aromatic carbocycles. The predicted octanol–water partition coefficient (Wildman–Crippen LogP) is 6.19. The van der Waals surface area contributed by atoms with Gasteiger partial charge in [0.1, 0.15) is 5.82 Å². The first kappa shape index (κ1) is 28.3. The van der Waals surface area contributed by atoms with Gasteiger partial charge in [-0.2, -0.15) is 5.10 Å². The van der Waals surface area contributed by atoms with Crippen LogP contribution in [0.25, 0.3) is 0 Å². The minimum absolute atomic E-state index is 0.190. The van der Waals surface area contributed by atoms with Crippen LogP contribution >= 0.6 is 0 Å². The first-order valence-corrected chi connectivity index (χ1v) is 15.4. The van der Waals surface area contributed by atoms with Crippen LogP contribution in [0.3, 0.4) is 0 Å². The molecule has 1 aromatic heterocycles. The zero-order chi connectivity index (χ0) is 27.6. The Morgan fingerprint density at radius 2 is 1.92 bits per heavy atom. The van der Waals surface area contributed by atoms with Crippen LogP contribution in [0.4, 0.5) is 4.39 Å². The highest BCUT2D eigenvalue weighted by atomic mass is 19.1. The third-order valence-corrected chi connectivity index (χ3v) is 9.96. The van der Waals surface area contributed by atoms with Crippen LogP contribution in [-0.4, -0.2) is 63.4 Å². The number of nitrogens with zero attached hydrogens (tertiary/aromatic N) is 4. The minimum atomic E-state index is -0.644. The highest BCUT2D eigenvalue weighted by molar-refractivity contribution is 5.75. The molecule has 39 heavy (non-hydrogen) atoms. The molecule has 214 valence electrons. The highest BCUT2D eigenvalue weighted by Gasteiger charge is 2.45. The lowest BCUT2D eigenvalue weighted by atomic mass is 9.73. The number of benzene rings is 1. The van der Waals surface area contributed by atoms with Crippen LogP contribution in [0.1, 0.15) is 99.7 Å². The molecule has 7 heteroatoms. The van der Waals surface area contributed by atoms with Crippen LogP contribution in [0, 0.1) is 24.1 Å². The van der Waals surface area contributed by atoms with E-state index in [1.54, 1.807) is 6.07 Å². The van der Waals surface area contributed by atoms with Crippen molar-refractivity contribution in [2.45, 2.75) is 97.1 Å². The molecule has 6 nitrogen and oxygen atoms in total. The smallest absolute Gasteiger partial charge is 0.310 e. The molecular weight excluding hydrogens is 491 g/mol. The summed E-state index contributed by atoms with van der Waals surface area (Å²) in [5, 5.41) is 15.2. The van der Waals surface area contributed by atoms with Crippen molar-refractivity contribution >= 4 is 5.97 Å². The van der Waals surface area contributed by atoms with Crippen molar-refractivity contribution in [2.24, 2.45) is 11.3 Å². The Morgan fingerprint density at radius 3 is 2.62 bits per heavy atom. The second-order valence-electron chi connectivity index (χ2n) is 12.4. The lowest BCUT2D eigenvalue weighted by molar-refractivity contribution is -0.152. The molecule has 1 N–H and O–H groups in total. The van der Waals surface area contributed by atoms with Gasteiger partial charge in [-0.3, -0.25) is 14.4 Å². The van der Waals surface area contributed by atoms with Crippen molar-refractivity contribution in [1.82, 2.24) is 19.6 Å². The maximum atomic E-state index is 14.4. The largest absolute Gasteiger partial charge is 0.481 e. The number of rotatable bonds is 9. The standard InChI is InChI=1S/C32H47FN4O2/c1-4-28-30(23(3)37(5-2)34-28)29-14-7-10-17-36(29)20-25-19-35(21-27(25)24-12-11-13-26(33)18-24)22-32(31(38)39)15-8-6-9-16-32/h11-13,18,25,27,29H,4-10,14-17,19-22H2,1-3H3,(H,38,39)/t25-,27+,29?/m0/s1. The topological polar surface area (TPSA) is 61.6 Å². The molecule has 0 amide bonds. The normalized spacial score (nSPS) is 26.2. The fraction of sp³-hybridized carbons (Fsp3) is 0.688. The van der Waals surface area contributed by atoms with E-state index in [0.29, 0.717) is 18.5 Å². The van der Waals surface area contributed by atoms with Crippen molar-refractivity contribution in [1.29, 1.82) is 0 Å². The number of halogens is 1. The fourth-order valence-corrected chi connectivity index (χ4v) is 7.95. The summed E-state index contributed by atoms with van der Waals surface area (Å²) < 4.78 is 16.5. The zero-order valence-corrected chi connectivity index (χ0v) is 24.2. The van der Waals surface area contributed by atoms with E-state index in [1.807, 2.05) is 6.07 Å². The van der Waals surface area contributed by atoms with E-state index in [-0.39, 0.29) is 11.7 Å². The van der Waals surface area contributed by atoms with Crippen LogP contribution in [0.2, 0.25) is 0 Å². The van der Waals surface area contributed by atoms with E-state index in [0.717, 1.165) is 83.2 Å². The van der Waals surface area contributed by atoms with Gasteiger partial charge in [-0.15, -0.1) is 0 Å². The lowest BCUT2D eigenvalue weighted by Crippen LogP contribution is -2.44. The quantitative estimate of drug-likeness (QED) is 0.413. The van der Waals surface area contributed by atoms with Gasteiger partial charge in [0.25, 0.3) is 0 Å². The van der Waals surface area contributed by atoms with Crippen LogP contribution in [0.15, 0.2) is 24.3 Å². The maximum absolute atomic E-state index is 14.4. The van der Waals surface area contributed by atoms with E-state index < -0.39 is 11.4 Å². The van der Waals surface area contributed by atoms with E-state index in [9.17, 15) is 14.3 Å². The first-order chi connectivity index (χ1) is 18.8. The molecule has 3 atom stereocenters. The van der Waals surface area contributed by atoms with Gasteiger partial charge in [0, 0.05) is 55.9 Å². The number of hydrogen-bond acceptors (Lipinski definition) is 4. The van der Waals surface area contributed by atoms with Gasteiger partial charge in [0.15, 0.2) is 0 Å². The summed E-state index contributed by atoms with van der Waals surface area (Å²) in [6.45, 7) is 11.8. The number of carboxylic acid groups (broad SMARTS) is 1. The summed E-state index contributed by atoms with van der Waals surface area (Å²) in [6.07, 6.45) is 9.17. The lowest BCUT2D eigenvalue weighted by Gasteiger charge is -2.39. The molecule has 1 saturated carbocycles. The molecule has 3 heterocycles. The fourth-order valence-electron chi connectivity index (χ4n) is 7.95. The summed E-state index contributed by atoms with van der Waals surface area (Å²) in [7, 11) is 0. The number of carboxylic acids is 1. The molecular formula is C32H47FN4O2. The molecule has 1 aliphatic carbocycles. The minimum Gasteiger partial charge on any atom is -0.481 e. The molecule has 2 aliphatic heterocycles. The number of likely N-dealkylation sites (tertiary alicyclic amines) is 2. The van der Waals surface area contributed by atoms with Gasteiger partial charge in [-0.25, -0.2) is 4.39 Å². The number of aryl methyl sites for hydroxylation is 2. The molecule has 5 rings (SSSR count). The average molecular weight is 539 g/mol. The first-order valence-electron chi connectivity index (χ1n) is 15.4. The average Bonchev–Trinajstić information content (AvgIpc) is 3.48. The van der Waals surface area contributed by atoms with Gasteiger partial charge in [0.2, 0.25) is 0 Å². The van der Waals surface area contributed by atoms with Gasteiger partial charge >= 0.3 is 5.97 Å². The Bertz CT molecular complexity index is 1140. The van der Waals surface area contributed by atoms with Crippen molar-refractivity contribution in [3.05, 3.63) is 52.6 Å². The van der Waals surface area contributed by atoms with Gasteiger partial charge in [-0.1, -0.05) is 44.7 Å².